The number of para-hydroxylation sites is 1. The van der Waals surface area contributed by atoms with Gasteiger partial charge in [0.1, 0.15) is 11.6 Å². The summed E-state index contributed by atoms with van der Waals surface area (Å²) in [5.41, 5.74) is 7.51. The van der Waals surface area contributed by atoms with Gasteiger partial charge in [-0.3, -0.25) is 24.1 Å². The fourth-order valence-electron chi connectivity index (χ4n) is 10.4. The van der Waals surface area contributed by atoms with Gasteiger partial charge in [0.2, 0.25) is 27.8 Å². The number of fused-ring (bicyclic) bond motifs is 1. The Balaban J connectivity index is 0.740. The number of carbonyl (C=O) groups is 2. The number of rotatable bonds is 13. The Morgan fingerprint density at radius 1 is 0.922 bits per heavy atom. The molecule has 4 aromatic rings. The minimum absolute atomic E-state index is 0.177. The zero-order chi connectivity index (χ0) is 44.7. The van der Waals surface area contributed by atoms with Gasteiger partial charge >= 0.3 is 0 Å². The molecule has 3 aromatic carbocycles. The van der Waals surface area contributed by atoms with E-state index < -0.39 is 10.0 Å². The number of ether oxygens (including phenoxy) is 1. The van der Waals surface area contributed by atoms with Gasteiger partial charge in [-0.15, -0.1) is 0 Å². The van der Waals surface area contributed by atoms with Crippen LogP contribution in [0, 0.1) is 12.8 Å². The third kappa shape index (κ3) is 9.40. The smallest absolute Gasteiger partial charge is 0.234 e. The van der Waals surface area contributed by atoms with Crippen LogP contribution in [0.1, 0.15) is 61.1 Å². The zero-order valence-electron chi connectivity index (χ0n) is 37.1. The summed E-state index contributed by atoms with van der Waals surface area (Å²) >= 11 is 3.57. The Kier molecular flexibility index (Phi) is 12.8. The maximum absolute atomic E-state index is 12.6. The Labute approximate surface area is 385 Å². The maximum atomic E-state index is 12.6. The summed E-state index contributed by atoms with van der Waals surface area (Å²) in [7, 11) is 0.428. The van der Waals surface area contributed by atoms with E-state index in [1.165, 1.54) is 41.3 Å². The average Bonchev–Trinajstić information content (AvgIpc) is 3.73. The first-order valence-corrected chi connectivity index (χ1v) is 25.2. The lowest BCUT2D eigenvalue weighted by Gasteiger charge is -2.47. The van der Waals surface area contributed by atoms with Crippen molar-refractivity contribution in [1.82, 2.24) is 25.1 Å². The van der Waals surface area contributed by atoms with Crippen molar-refractivity contribution in [1.29, 1.82) is 0 Å². The van der Waals surface area contributed by atoms with Gasteiger partial charge in [-0.1, -0.05) is 24.3 Å². The van der Waals surface area contributed by atoms with E-state index in [1.54, 1.807) is 13.3 Å². The molecule has 1 aliphatic carbocycles. The quantitative estimate of drug-likeness (QED) is 0.127. The first-order chi connectivity index (χ1) is 30.8. The Hall–Kier alpha value is -4.97. The van der Waals surface area contributed by atoms with Crippen LogP contribution in [-0.4, -0.2) is 125 Å². The number of sulfonamides is 1. The normalized spacial score (nSPS) is 22.2. The van der Waals surface area contributed by atoms with Crippen LogP contribution >= 0.6 is 15.9 Å². The van der Waals surface area contributed by atoms with Gasteiger partial charge < -0.3 is 30.1 Å². The Morgan fingerprint density at radius 2 is 1.67 bits per heavy atom. The summed E-state index contributed by atoms with van der Waals surface area (Å²) < 4.78 is 33.2. The minimum Gasteiger partial charge on any atom is -0.494 e. The monoisotopic (exact) mass is 954 g/mol. The molecular weight excluding hydrogens is 897 g/mol. The molecule has 64 heavy (non-hydrogen) atoms. The molecule has 5 aliphatic rings. The number of carbonyl (C=O) groups excluding carboxylic acids is 2. The number of nitrogens with one attached hydrogen (secondary N) is 3. The van der Waals surface area contributed by atoms with Gasteiger partial charge in [0.05, 0.1) is 40.8 Å². The van der Waals surface area contributed by atoms with E-state index in [1.807, 2.05) is 30.3 Å². The van der Waals surface area contributed by atoms with Gasteiger partial charge in [-0.05, 0) is 108 Å². The third-order valence-electron chi connectivity index (χ3n) is 14.1. The molecule has 340 valence electrons. The van der Waals surface area contributed by atoms with Crippen LogP contribution in [-0.2, 0) is 26.0 Å². The average molecular weight is 956 g/mol. The number of nitrogens with zero attached hydrogens (tertiary/aromatic N) is 7. The summed E-state index contributed by atoms with van der Waals surface area (Å²) in [6.45, 7) is 10.2. The fraction of sp³-hybridized carbons (Fsp3) is 0.489. The van der Waals surface area contributed by atoms with Crippen molar-refractivity contribution in [2.75, 3.05) is 97.5 Å². The fourth-order valence-corrected chi connectivity index (χ4v) is 11.6. The van der Waals surface area contributed by atoms with Crippen LogP contribution in [0.3, 0.4) is 0 Å². The van der Waals surface area contributed by atoms with Crippen molar-refractivity contribution in [2.45, 2.75) is 69.9 Å². The number of methoxy groups -OCH3 is 1. The molecule has 2 amide bonds. The number of hydrogen-bond acceptors (Lipinski definition) is 13. The molecule has 3 N–H and O–H groups in total. The third-order valence-corrected chi connectivity index (χ3v) is 15.8. The molecule has 15 nitrogen and oxygen atoms in total. The molecule has 1 unspecified atom stereocenters. The van der Waals surface area contributed by atoms with E-state index in [0.29, 0.717) is 71.3 Å². The van der Waals surface area contributed by atoms with Crippen molar-refractivity contribution in [3.63, 3.8) is 0 Å². The maximum Gasteiger partial charge on any atom is 0.234 e. The van der Waals surface area contributed by atoms with E-state index in [9.17, 15) is 18.0 Å². The lowest BCUT2D eigenvalue weighted by atomic mass is 9.78. The topological polar surface area (TPSA) is 156 Å². The number of hydrogen-bond donors (Lipinski definition) is 3. The Bertz CT molecular complexity index is 2490. The van der Waals surface area contributed by atoms with Crippen LogP contribution in [0.5, 0.6) is 5.75 Å². The summed E-state index contributed by atoms with van der Waals surface area (Å²) in [5, 5.41) is 9.19. The highest BCUT2D eigenvalue weighted by atomic mass is 79.9. The molecule has 17 heteroatoms. The number of halogens is 1. The van der Waals surface area contributed by atoms with Gasteiger partial charge in [0.15, 0.2) is 0 Å². The second-order valence-corrected chi connectivity index (χ2v) is 20.9. The molecule has 3 saturated heterocycles. The van der Waals surface area contributed by atoms with Crippen LogP contribution < -0.4 is 34.8 Å². The van der Waals surface area contributed by atoms with Crippen LogP contribution in [0.4, 0.5) is 40.2 Å². The number of anilines is 7. The first-order valence-electron chi connectivity index (χ1n) is 22.5. The molecule has 9 rings (SSSR count). The standard InChI is InChI=1S/C47H59BrN10O5S/c1-30-24-40(51-47-49-28-38(48)45(53-47)50-39-7-5-6-33-14-19-58(44(33)39)64(4,61)62)42(63-3)27-41(30)57-17-15-35(16-18-57)56-22-20-55(21-23-56)29-31-25-36(26-31)54(2)34-10-8-32(9-11-34)37-12-13-43(59)52-46(37)60/h5-11,24,27-28,31,35-37H,12-23,25-26,29H2,1-4H3,(H,52,59,60)(H2,49,50,51,53)/t31-,36-,37?. The molecule has 4 fully saturated rings. The summed E-state index contributed by atoms with van der Waals surface area (Å²) in [5.74, 6) is 1.70. The van der Waals surface area contributed by atoms with Crippen molar-refractivity contribution >= 4 is 78.0 Å². The van der Waals surface area contributed by atoms with Crippen LogP contribution in [0.15, 0.2) is 65.3 Å². The number of aromatic nitrogens is 2. The SMILES string of the molecule is COc1cc(N2CCC(N3CCN(C[C@H]4C[C@H](N(C)c5ccc(C6CCC(=O)NC6=O)cc5)C4)CC3)CC2)c(C)cc1Nc1ncc(Br)c(Nc2cccc3c2N(S(C)(=O)=O)CC3)n1. The van der Waals surface area contributed by atoms with E-state index in [2.05, 4.69) is 94.7 Å². The lowest BCUT2D eigenvalue weighted by Crippen LogP contribution is -2.55. The minimum atomic E-state index is -3.44. The van der Waals surface area contributed by atoms with Gasteiger partial charge in [0.25, 0.3) is 0 Å². The molecule has 1 saturated carbocycles. The first kappa shape index (κ1) is 44.2. The molecule has 1 aromatic heterocycles. The van der Waals surface area contributed by atoms with Crippen LogP contribution in [0.25, 0.3) is 0 Å². The number of benzene rings is 3. The summed E-state index contributed by atoms with van der Waals surface area (Å²) in [4.78, 5) is 43.5. The molecule has 4 aliphatic heterocycles. The van der Waals surface area contributed by atoms with Crippen molar-refractivity contribution in [3.8, 4) is 5.75 Å². The zero-order valence-corrected chi connectivity index (χ0v) is 39.5. The van der Waals surface area contributed by atoms with Crippen molar-refractivity contribution in [3.05, 3.63) is 82.0 Å². The summed E-state index contributed by atoms with van der Waals surface area (Å²) in [6.07, 6.45) is 9.19. The van der Waals surface area contributed by atoms with Gasteiger partial charge in [0, 0.05) is 102 Å². The predicted octanol–water partition coefficient (Wildman–Crippen LogP) is 6.39. The van der Waals surface area contributed by atoms with Crippen molar-refractivity contribution < 1.29 is 22.7 Å². The van der Waals surface area contributed by atoms with Crippen LogP contribution in [0.2, 0.25) is 0 Å². The molecule has 5 heterocycles. The molecule has 0 radical (unpaired) electrons. The van der Waals surface area contributed by atoms with E-state index in [4.69, 9.17) is 9.72 Å². The molecule has 0 bridgehead atoms. The number of piperidine rings is 2. The largest absolute Gasteiger partial charge is 0.494 e. The number of amides is 2. The van der Waals surface area contributed by atoms with Crippen molar-refractivity contribution in [2.24, 2.45) is 5.92 Å². The Morgan fingerprint density at radius 3 is 2.38 bits per heavy atom. The lowest BCUT2D eigenvalue weighted by molar-refractivity contribution is -0.134. The second kappa shape index (κ2) is 18.5. The number of imide groups is 1. The highest BCUT2D eigenvalue weighted by Crippen LogP contribution is 2.41. The van der Waals surface area contributed by atoms with Gasteiger partial charge in [-0.25, -0.2) is 13.4 Å². The number of aryl methyl sites for hydroxylation is 1. The predicted molar refractivity (Wildman–Crippen MR) is 256 cm³/mol. The summed E-state index contributed by atoms with van der Waals surface area (Å²) in [6, 6.07) is 19.4. The molecule has 1 atom stereocenters. The molecule has 0 spiro atoms. The van der Waals surface area contributed by atoms with Gasteiger partial charge in [-0.2, -0.15) is 4.98 Å². The molecular formula is C47H59BrN10O5S. The number of piperazine rings is 1. The van der Waals surface area contributed by atoms with E-state index >= 15 is 0 Å². The highest BCUT2D eigenvalue weighted by Gasteiger charge is 2.36. The van der Waals surface area contributed by atoms with E-state index in [-0.39, 0.29) is 17.7 Å². The second-order valence-electron chi connectivity index (χ2n) is 18.1. The van der Waals surface area contributed by atoms with E-state index in [0.717, 1.165) is 80.4 Å². The highest BCUT2D eigenvalue weighted by molar-refractivity contribution is 9.10.